The van der Waals surface area contributed by atoms with E-state index in [-0.39, 0.29) is 0 Å². The van der Waals surface area contributed by atoms with Gasteiger partial charge in [0, 0.05) is 12.7 Å². The molecular formula is C9H13N3O4. The smallest absolute Gasteiger partial charge is 0.332 e. The molecule has 1 rings (SSSR count). The van der Waals surface area contributed by atoms with Gasteiger partial charge in [-0.2, -0.15) is 5.10 Å². The molecule has 7 nitrogen and oxygen atoms in total. The molecule has 1 aromatic rings. The number of carbonyl (C=O) groups is 2. The van der Waals surface area contributed by atoms with Crippen LogP contribution in [0.2, 0.25) is 0 Å². The Morgan fingerprint density at radius 2 is 2.12 bits per heavy atom. The van der Waals surface area contributed by atoms with E-state index in [0.29, 0.717) is 17.0 Å². The van der Waals surface area contributed by atoms with Gasteiger partial charge >= 0.3 is 5.97 Å². The van der Waals surface area contributed by atoms with Gasteiger partial charge in [0.05, 0.1) is 11.3 Å². The Hall–Kier alpha value is -1.89. The van der Waals surface area contributed by atoms with E-state index in [9.17, 15) is 9.59 Å². The number of hydrogen-bond acceptors (Lipinski definition) is 4. The number of hydroxylamine groups is 1. The fourth-order valence-electron chi connectivity index (χ4n) is 1.32. The second-order valence-electron chi connectivity index (χ2n) is 3.28. The zero-order valence-electron chi connectivity index (χ0n) is 9.27. The van der Waals surface area contributed by atoms with Crippen molar-refractivity contribution in [2.24, 2.45) is 7.05 Å². The summed E-state index contributed by atoms with van der Waals surface area (Å²) in [5, 5.41) is 12.4. The molecular weight excluding hydrogens is 214 g/mol. The van der Waals surface area contributed by atoms with Crippen LogP contribution in [0.4, 0.5) is 0 Å². The first kappa shape index (κ1) is 12.2. The lowest BCUT2D eigenvalue weighted by atomic mass is 10.2. The lowest BCUT2D eigenvalue weighted by Gasteiger charge is -2.03. The summed E-state index contributed by atoms with van der Waals surface area (Å²) in [6.45, 7) is 2.86. The third kappa shape index (κ3) is 2.57. The van der Waals surface area contributed by atoms with Gasteiger partial charge in [-0.15, -0.1) is 0 Å². The van der Waals surface area contributed by atoms with Crippen molar-refractivity contribution in [3.05, 3.63) is 17.0 Å². The predicted octanol–water partition coefficient (Wildman–Crippen LogP) is -0.217. The topological polar surface area (TPSA) is 93.5 Å². The highest BCUT2D eigenvalue weighted by atomic mass is 16.7. The Kier molecular flexibility index (Phi) is 3.62. The molecule has 0 unspecified atom stereocenters. The molecule has 0 radical (unpaired) electrons. The summed E-state index contributed by atoms with van der Waals surface area (Å²) in [5.74, 6) is -1.65. The first-order chi connectivity index (χ1) is 7.43. The van der Waals surface area contributed by atoms with Gasteiger partial charge in [0.25, 0.3) is 5.91 Å². The monoisotopic (exact) mass is 227 g/mol. The number of hydrogen-bond donors (Lipinski definition) is 2. The molecule has 0 aromatic carbocycles. The van der Waals surface area contributed by atoms with Crippen LogP contribution in [0.1, 0.15) is 21.7 Å². The van der Waals surface area contributed by atoms with E-state index in [1.165, 1.54) is 0 Å². The maximum Gasteiger partial charge on any atom is 0.332 e. The fourth-order valence-corrected chi connectivity index (χ4v) is 1.32. The van der Waals surface area contributed by atoms with Crippen LogP contribution in [0, 0.1) is 13.8 Å². The molecule has 2 N–H and O–H groups in total. The van der Waals surface area contributed by atoms with Crippen molar-refractivity contribution >= 4 is 11.9 Å². The van der Waals surface area contributed by atoms with Crippen LogP contribution in [0.15, 0.2) is 0 Å². The molecule has 0 bridgehead atoms. The molecule has 1 aromatic heterocycles. The molecule has 0 aliphatic rings. The molecule has 88 valence electrons. The zero-order valence-corrected chi connectivity index (χ0v) is 9.27. The van der Waals surface area contributed by atoms with Crippen LogP contribution < -0.4 is 5.48 Å². The molecule has 0 saturated carbocycles. The molecule has 16 heavy (non-hydrogen) atoms. The molecule has 1 amide bonds. The fraction of sp³-hybridized carbons (Fsp3) is 0.444. The van der Waals surface area contributed by atoms with Gasteiger partial charge in [0.1, 0.15) is 0 Å². The van der Waals surface area contributed by atoms with E-state index in [4.69, 9.17) is 5.11 Å². The largest absolute Gasteiger partial charge is 0.479 e. The number of rotatable bonds is 4. The molecule has 0 aliphatic carbocycles. The molecule has 0 fully saturated rings. The van der Waals surface area contributed by atoms with Crippen LogP contribution in [-0.4, -0.2) is 33.4 Å². The van der Waals surface area contributed by atoms with Crippen molar-refractivity contribution in [3.8, 4) is 0 Å². The summed E-state index contributed by atoms with van der Waals surface area (Å²) in [5.41, 5.74) is 3.70. The Morgan fingerprint density at radius 1 is 1.50 bits per heavy atom. The number of aromatic nitrogens is 2. The molecule has 0 saturated heterocycles. The van der Waals surface area contributed by atoms with Gasteiger partial charge in [-0.05, 0) is 13.8 Å². The lowest BCUT2D eigenvalue weighted by Crippen LogP contribution is -2.27. The SMILES string of the molecule is Cc1nn(C)c(C)c1C(=O)NOCC(=O)O. The number of aliphatic carboxylic acids is 1. The average Bonchev–Trinajstić information content (AvgIpc) is 2.40. The Bertz CT molecular complexity index is 425. The minimum Gasteiger partial charge on any atom is -0.479 e. The summed E-state index contributed by atoms with van der Waals surface area (Å²) in [6.07, 6.45) is 0. The molecule has 0 atom stereocenters. The number of amides is 1. The number of nitrogens with zero attached hydrogens (tertiary/aromatic N) is 2. The van der Waals surface area contributed by atoms with Gasteiger partial charge in [-0.25, -0.2) is 10.3 Å². The normalized spacial score (nSPS) is 10.2. The van der Waals surface area contributed by atoms with Gasteiger partial charge < -0.3 is 5.11 Å². The minimum atomic E-state index is -1.15. The number of nitrogens with one attached hydrogen (secondary N) is 1. The third-order valence-corrected chi connectivity index (χ3v) is 2.10. The summed E-state index contributed by atoms with van der Waals surface area (Å²) in [4.78, 5) is 26.3. The molecule has 1 heterocycles. The van der Waals surface area contributed by atoms with E-state index in [0.717, 1.165) is 0 Å². The van der Waals surface area contributed by atoms with Gasteiger partial charge in [-0.3, -0.25) is 14.3 Å². The van der Waals surface area contributed by atoms with Gasteiger partial charge in [0.15, 0.2) is 6.61 Å². The first-order valence-electron chi connectivity index (χ1n) is 4.57. The first-order valence-corrected chi connectivity index (χ1v) is 4.57. The third-order valence-electron chi connectivity index (χ3n) is 2.10. The van der Waals surface area contributed by atoms with E-state index < -0.39 is 18.5 Å². The lowest BCUT2D eigenvalue weighted by molar-refractivity contribution is -0.144. The van der Waals surface area contributed by atoms with Crippen LogP contribution in [0.5, 0.6) is 0 Å². The van der Waals surface area contributed by atoms with Crippen molar-refractivity contribution in [3.63, 3.8) is 0 Å². The van der Waals surface area contributed by atoms with E-state index in [2.05, 4.69) is 15.4 Å². The Morgan fingerprint density at radius 3 is 2.56 bits per heavy atom. The van der Waals surface area contributed by atoms with E-state index in [1.54, 1.807) is 25.6 Å². The van der Waals surface area contributed by atoms with Crippen molar-refractivity contribution in [1.82, 2.24) is 15.3 Å². The van der Waals surface area contributed by atoms with Crippen LogP contribution in [0.3, 0.4) is 0 Å². The number of carboxylic acids is 1. The summed E-state index contributed by atoms with van der Waals surface area (Å²) in [7, 11) is 1.72. The standard InChI is InChI=1S/C9H13N3O4/c1-5-8(6(2)12(3)10-5)9(15)11-16-4-7(13)14/h4H2,1-3H3,(H,11,15)(H,13,14). The van der Waals surface area contributed by atoms with Crippen molar-refractivity contribution in [1.29, 1.82) is 0 Å². The van der Waals surface area contributed by atoms with Gasteiger partial charge in [0.2, 0.25) is 0 Å². The highest BCUT2D eigenvalue weighted by Gasteiger charge is 2.17. The average molecular weight is 227 g/mol. The number of aryl methyl sites for hydroxylation is 2. The van der Waals surface area contributed by atoms with Crippen molar-refractivity contribution < 1.29 is 19.5 Å². The van der Waals surface area contributed by atoms with Crippen LogP contribution >= 0.6 is 0 Å². The highest BCUT2D eigenvalue weighted by molar-refractivity contribution is 5.95. The second kappa shape index (κ2) is 4.75. The van der Waals surface area contributed by atoms with Gasteiger partial charge in [-0.1, -0.05) is 0 Å². The minimum absolute atomic E-state index is 0.396. The molecule has 0 aliphatic heterocycles. The summed E-state index contributed by atoms with van der Waals surface area (Å²) >= 11 is 0. The quantitative estimate of drug-likeness (QED) is 0.694. The predicted molar refractivity (Wildman–Crippen MR) is 53.7 cm³/mol. The summed E-state index contributed by atoms with van der Waals surface area (Å²) in [6, 6.07) is 0. The van der Waals surface area contributed by atoms with Crippen LogP contribution in [-0.2, 0) is 16.7 Å². The molecule has 0 spiro atoms. The molecule has 7 heteroatoms. The number of carboxylic acid groups (broad SMARTS) is 1. The maximum absolute atomic E-state index is 11.6. The number of carbonyl (C=O) groups excluding carboxylic acids is 1. The van der Waals surface area contributed by atoms with E-state index in [1.807, 2.05) is 0 Å². The zero-order chi connectivity index (χ0) is 12.3. The maximum atomic E-state index is 11.6. The Labute approximate surface area is 92.0 Å². The second-order valence-corrected chi connectivity index (χ2v) is 3.28. The van der Waals surface area contributed by atoms with Crippen molar-refractivity contribution in [2.45, 2.75) is 13.8 Å². The summed E-state index contributed by atoms with van der Waals surface area (Å²) < 4.78 is 1.57. The van der Waals surface area contributed by atoms with E-state index >= 15 is 0 Å². The van der Waals surface area contributed by atoms with Crippen molar-refractivity contribution in [2.75, 3.05) is 6.61 Å². The van der Waals surface area contributed by atoms with Crippen LogP contribution in [0.25, 0.3) is 0 Å². The Balaban J connectivity index is 2.70. The highest BCUT2D eigenvalue weighted by Crippen LogP contribution is 2.11.